The number of carbonyl (C=O) groups is 1. The van der Waals surface area contributed by atoms with Crippen molar-refractivity contribution in [2.75, 3.05) is 13.2 Å². The average molecular weight is 822 g/mol. The van der Waals surface area contributed by atoms with E-state index < -0.39 is 59.9 Å². The van der Waals surface area contributed by atoms with Crippen molar-refractivity contribution in [3.05, 3.63) is 12.2 Å². The van der Waals surface area contributed by atoms with Gasteiger partial charge < -0.3 is 35.2 Å². The SMILES string of the molecule is CCCCCCCCCCCCC/C=C/C(O)C(COC1OC(CO)C(O)C(OS(=O)(=O)O)C1O)NC(=O)CCCCCCCCCCCCCCCCCC. The summed E-state index contributed by atoms with van der Waals surface area (Å²) in [4.78, 5) is 13.0. The van der Waals surface area contributed by atoms with Crippen molar-refractivity contribution in [2.45, 2.75) is 243 Å². The van der Waals surface area contributed by atoms with E-state index >= 15 is 0 Å². The minimum Gasteiger partial charge on any atom is -0.394 e. The molecular weight excluding hydrogens is 739 g/mol. The van der Waals surface area contributed by atoms with Crippen LogP contribution in [-0.2, 0) is 28.9 Å². The first-order valence-electron chi connectivity index (χ1n) is 22.6. The summed E-state index contributed by atoms with van der Waals surface area (Å²) >= 11 is 0. The zero-order valence-electron chi connectivity index (χ0n) is 35.2. The van der Waals surface area contributed by atoms with Crippen molar-refractivity contribution in [3.8, 4) is 0 Å². The molecule has 0 radical (unpaired) electrons. The smallest absolute Gasteiger partial charge is 0.394 e. The fourth-order valence-electron chi connectivity index (χ4n) is 7.28. The molecule has 1 aliphatic heterocycles. The van der Waals surface area contributed by atoms with Crippen LogP contribution in [0.1, 0.15) is 200 Å². The number of aliphatic hydroxyl groups is 4. The molecule has 7 atom stereocenters. The summed E-state index contributed by atoms with van der Waals surface area (Å²) in [5, 5.41) is 44.6. The fraction of sp³-hybridized carbons (Fsp3) is 0.930. The van der Waals surface area contributed by atoms with Gasteiger partial charge in [-0.1, -0.05) is 187 Å². The maximum Gasteiger partial charge on any atom is 0.397 e. The molecule has 0 aromatic rings. The van der Waals surface area contributed by atoms with Gasteiger partial charge in [0.2, 0.25) is 5.91 Å². The quantitative estimate of drug-likeness (QED) is 0.0199. The number of unbranched alkanes of at least 4 members (excludes halogenated alkanes) is 26. The van der Waals surface area contributed by atoms with Crippen LogP contribution in [-0.4, -0.2) is 95.4 Å². The van der Waals surface area contributed by atoms with E-state index in [1.165, 1.54) is 135 Å². The lowest BCUT2D eigenvalue weighted by atomic mass is 9.99. The van der Waals surface area contributed by atoms with E-state index in [-0.39, 0.29) is 18.9 Å². The number of ether oxygens (including phenoxy) is 2. The molecule has 7 unspecified atom stereocenters. The van der Waals surface area contributed by atoms with Gasteiger partial charge in [-0.3, -0.25) is 9.35 Å². The maximum atomic E-state index is 13.0. The van der Waals surface area contributed by atoms with Crippen LogP contribution in [0.3, 0.4) is 0 Å². The maximum absolute atomic E-state index is 13.0. The normalized spacial score (nSPS) is 21.4. The third-order valence-corrected chi connectivity index (χ3v) is 11.3. The van der Waals surface area contributed by atoms with E-state index in [2.05, 4.69) is 23.3 Å². The molecule has 1 fully saturated rings. The molecule has 1 rings (SSSR count). The second-order valence-electron chi connectivity index (χ2n) is 16.0. The Morgan fingerprint density at radius 3 is 1.55 bits per heavy atom. The molecule has 6 N–H and O–H groups in total. The van der Waals surface area contributed by atoms with Gasteiger partial charge in [-0.15, -0.1) is 0 Å². The number of carbonyl (C=O) groups excluding carboxylic acids is 1. The Hall–Kier alpha value is -1.16. The third-order valence-electron chi connectivity index (χ3n) is 10.8. The van der Waals surface area contributed by atoms with Crippen molar-refractivity contribution in [2.24, 2.45) is 0 Å². The van der Waals surface area contributed by atoms with Crippen LogP contribution in [0.15, 0.2) is 12.2 Å². The average Bonchev–Trinajstić information content (AvgIpc) is 3.16. The predicted octanol–water partition coefficient (Wildman–Crippen LogP) is 8.38. The molecule has 1 heterocycles. The molecule has 0 aromatic heterocycles. The second kappa shape index (κ2) is 34.7. The van der Waals surface area contributed by atoms with Crippen LogP contribution in [0, 0.1) is 0 Å². The number of hydrogen-bond acceptors (Lipinski definition) is 10. The molecular formula is C43H83NO11S. The first kappa shape index (κ1) is 52.9. The Morgan fingerprint density at radius 2 is 1.12 bits per heavy atom. The summed E-state index contributed by atoms with van der Waals surface area (Å²) in [6.45, 7) is 3.38. The van der Waals surface area contributed by atoms with Gasteiger partial charge in [0.25, 0.3) is 0 Å². The molecule has 0 aromatic carbocycles. The molecule has 13 heteroatoms. The van der Waals surface area contributed by atoms with E-state index in [1.807, 2.05) is 6.08 Å². The first-order chi connectivity index (χ1) is 27.0. The third kappa shape index (κ3) is 27.5. The van der Waals surface area contributed by atoms with Crippen molar-refractivity contribution >= 4 is 16.3 Å². The molecule has 1 amide bonds. The van der Waals surface area contributed by atoms with Gasteiger partial charge in [0.1, 0.15) is 24.4 Å². The standard InChI is InChI=1S/C43H83NO11S/c1-3-5-7-9-11-13-15-17-18-19-21-23-25-27-29-31-33-39(47)44-36(37(46)32-30-28-26-24-22-20-16-14-12-10-8-6-4-2)35-53-43-41(49)42(55-56(50,51)52)40(48)38(34-45)54-43/h30,32,36-38,40-43,45-46,48-49H,3-29,31,33-35H2,1-2H3,(H,44,47)(H,50,51,52)/b32-30+. The van der Waals surface area contributed by atoms with E-state index in [9.17, 15) is 33.6 Å². The number of amides is 1. The highest BCUT2D eigenvalue weighted by molar-refractivity contribution is 7.80. The summed E-state index contributed by atoms with van der Waals surface area (Å²) in [5.41, 5.74) is 0. The van der Waals surface area contributed by atoms with Crippen LogP contribution in [0.5, 0.6) is 0 Å². The van der Waals surface area contributed by atoms with E-state index in [4.69, 9.17) is 14.0 Å². The van der Waals surface area contributed by atoms with Crippen molar-refractivity contribution in [3.63, 3.8) is 0 Å². The molecule has 332 valence electrons. The highest BCUT2D eigenvalue weighted by Crippen LogP contribution is 2.26. The minimum absolute atomic E-state index is 0.261. The zero-order chi connectivity index (χ0) is 41.3. The van der Waals surface area contributed by atoms with Crippen molar-refractivity contribution < 1.29 is 51.8 Å². The Labute approximate surface area is 340 Å². The van der Waals surface area contributed by atoms with E-state index in [0.29, 0.717) is 6.42 Å². The molecule has 0 spiro atoms. The summed E-state index contributed by atoms with van der Waals surface area (Å²) in [6, 6.07) is -0.937. The molecule has 0 saturated carbocycles. The molecule has 1 aliphatic rings. The molecule has 56 heavy (non-hydrogen) atoms. The van der Waals surface area contributed by atoms with Crippen LogP contribution in [0.4, 0.5) is 0 Å². The van der Waals surface area contributed by atoms with Gasteiger partial charge in [0, 0.05) is 6.42 Å². The number of rotatable bonds is 38. The van der Waals surface area contributed by atoms with Crippen LogP contribution in [0.25, 0.3) is 0 Å². The lowest BCUT2D eigenvalue weighted by Gasteiger charge is -2.41. The van der Waals surface area contributed by atoms with Crippen LogP contribution >= 0.6 is 0 Å². The van der Waals surface area contributed by atoms with Crippen molar-refractivity contribution in [1.29, 1.82) is 0 Å². The lowest BCUT2D eigenvalue weighted by Crippen LogP contribution is -2.61. The zero-order valence-corrected chi connectivity index (χ0v) is 36.0. The second-order valence-corrected chi connectivity index (χ2v) is 17.0. The molecule has 1 saturated heterocycles. The van der Waals surface area contributed by atoms with Gasteiger partial charge in [0.15, 0.2) is 6.29 Å². The van der Waals surface area contributed by atoms with E-state index in [1.54, 1.807) is 6.08 Å². The fourth-order valence-corrected chi connectivity index (χ4v) is 7.79. The van der Waals surface area contributed by atoms with Gasteiger partial charge >= 0.3 is 10.4 Å². The predicted molar refractivity (Wildman–Crippen MR) is 222 cm³/mol. The Bertz CT molecular complexity index is 1060. The van der Waals surface area contributed by atoms with Gasteiger partial charge in [-0.2, -0.15) is 8.42 Å². The van der Waals surface area contributed by atoms with Crippen molar-refractivity contribution in [1.82, 2.24) is 5.32 Å². The number of hydrogen-bond donors (Lipinski definition) is 6. The Kier molecular flexibility index (Phi) is 32.7. The number of aliphatic hydroxyl groups excluding tert-OH is 4. The highest BCUT2D eigenvalue weighted by atomic mass is 32.3. The molecule has 0 aliphatic carbocycles. The van der Waals surface area contributed by atoms with Crippen LogP contribution in [0.2, 0.25) is 0 Å². The number of nitrogens with one attached hydrogen (secondary N) is 1. The topological polar surface area (TPSA) is 192 Å². The first-order valence-corrected chi connectivity index (χ1v) is 23.9. The Balaban J connectivity index is 2.53. The number of allylic oxidation sites excluding steroid dienone is 1. The lowest BCUT2D eigenvalue weighted by molar-refractivity contribution is -0.298. The summed E-state index contributed by atoms with van der Waals surface area (Å²) in [5.74, 6) is -0.261. The van der Waals surface area contributed by atoms with Gasteiger partial charge in [-0.05, 0) is 19.3 Å². The minimum atomic E-state index is -5.08. The monoisotopic (exact) mass is 822 g/mol. The highest BCUT2D eigenvalue weighted by Gasteiger charge is 2.48. The summed E-state index contributed by atoms with van der Waals surface area (Å²) in [7, 11) is -5.08. The summed E-state index contributed by atoms with van der Waals surface area (Å²) in [6.07, 6.45) is 28.2. The van der Waals surface area contributed by atoms with E-state index in [0.717, 1.165) is 38.5 Å². The van der Waals surface area contributed by atoms with Gasteiger partial charge in [0.05, 0.1) is 25.4 Å². The van der Waals surface area contributed by atoms with Crippen LogP contribution < -0.4 is 5.32 Å². The Morgan fingerprint density at radius 1 is 0.696 bits per heavy atom. The molecule has 12 nitrogen and oxygen atoms in total. The summed E-state index contributed by atoms with van der Waals surface area (Å²) < 4.78 is 47.5. The molecule has 0 bridgehead atoms. The largest absolute Gasteiger partial charge is 0.397 e. The van der Waals surface area contributed by atoms with Gasteiger partial charge in [-0.25, -0.2) is 4.18 Å².